The number of para-hydroxylation sites is 1. The van der Waals surface area contributed by atoms with Crippen LogP contribution in [0.5, 0.6) is 5.75 Å². The average molecular weight is 1520 g/mol. The number of amides is 11. The molecule has 37 heteroatoms. The van der Waals surface area contributed by atoms with Crippen molar-refractivity contribution in [2.45, 2.75) is 184 Å². The van der Waals surface area contributed by atoms with Crippen LogP contribution in [0, 0.1) is 17.2 Å². The van der Waals surface area contributed by atoms with Crippen LogP contribution >= 0.6 is 0 Å². The molecular weight excluding hydrogens is 1420 g/mol. The largest absolute Gasteiger partial charge is 0.508 e. The molecule has 0 aliphatic rings. The van der Waals surface area contributed by atoms with Crippen LogP contribution in [0.3, 0.4) is 0 Å². The van der Waals surface area contributed by atoms with Crippen LogP contribution in [0.25, 0.3) is 10.9 Å². The van der Waals surface area contributed by atoms with E-state index in [1.54, 1.807) is 63.4 Å². The summed E-state index contributed by atoms with van der Waals surface area (Å²) in [6.45, 7) is 8.09. The molecule has 11 amide bonds. The van der Waals surface area contributed by atoms with Crippen LogP contribution in [0.2, 0.25) is 0 Å². The Labute approximate surface area is 626 Å². The van der Waals surface area contributed by atoms with Gasteiger partial charge in [0, 0.05) is 74.6 Å². The number of hydrogen-bond acceptors (Lipinski definition) is 19. The third-order valence-corrected chi connectivity index (χ3v) is 18.2. The van der Waals surface area contributed by atoms with E-state index in [1.807, 2.05) is 25.1 Å². The molecular formula is C72H98N20O17. The Hall–Kier alpha value is -12.3. The highest BCUT2D eigenvalue weighted by molar-refractivity contribution is 6.00. The van der Waals surface area contributed by atoms with E-state index in [-0.39, 0.29) is 80.4 Å². The first-order valence-electron chi connectivity index (χ1n) is 35.4. The summed E-state index contributed by atoms with van der Waals surface area (Å²) in [4.78, 5) is 199. The smallest absolute Gasteiger partial charge is 0.326 e. The number of phenols is 1. The van der Waals surface area contributed by atoms with Crippen LogP contribution < -0.4 is 75.7 Å². The molecule has 3 heterocycles. The van der Waals surface area contributed by atoms with E-state index in [1.165, 1.54) is 49.3 Å². The summed E-state index contributed by atoms with van der Waals surface area (Å²) < 4.78 is 0. The molecule has 25 N–H and O–H groups in total. The number of carbonyl (C=O) groups excluding carboxylic acids is 11. The van der Waals surface area contributed by atoms with Crippen molar-refractivity contribution < 1.29 is 82.8 Å². The molecule has 37 nitrogen and oxygen atoms in total. The summed E-state index contributed by atoms with van der Waals surface area (Å²) in [7, 11) is 0. The summed E-state index contributed by atoms with van der Waals surface area (Å²) in [6.07, 6.45) is 2.40. The van der Waals surface area contributed by atoms with Crippen molar-refractivity contribution in [3.05, 3.63) is 138 Å². The molecule has 3 aromatic heterocycles. The maximum atomic E-state index is 15.0. The fourth-order valence-corrected chi connectivity index (χ4v) is 11.5. The molecule has 14 atom stereocenters. The van der Waals surface area contributed by atoms with Crippen LogP contribution in [0.4, 0.5) is 0 Å². The minimum absolute atomic E-state index is 0.0628. The number of nitrogens with zero attached hydrogens (tertiary/aromatic N) is 2. The van der Waals surface area contributed by atoms with Gasteiger partial charge in [-0.05, 0) is 72.9 Å². The lowest BCUT2D eigenvalue weighted by atomic mass is 9.96. The number of rotatable bonds is 45. The third-order valence-electron chi connectivity index (χ3n) is 18.2. The van der Waals surface area contributed by atoms with Crippen molar-refractivity contribution >= 4 is 93.8 Å². The quantitative estimate of drug-likeness (QED) is 0.0107. The summed E-state index contributed by atoms with van der Waals surface area (Å²) >= 11 is 0. The SMILES string of the molecule is CC[C@H](C)[C@H](N)C(=O)N[C@@H](Cc1c[nH]c2ccccc12)C(=O)N[C@@H](Cc1c[nH]cn1)C(=O)N[C@@H](Cc1c[nH]cn1)C(=O)N[C@H](C(=O)N[C@@H](Cc1ccccc1)C(=O)N[C@@H](Cc1ccc(O)cc1)C(=O)N[C@@H](CC(N)=O)C(=O)N[C@@H](CCC(=O)O)C(=O)N[C@H](C(=O)N[C@@H](CCCNC(=N)N)C(=O)O)[C@@H](C)CC)[C@@H](C)O. The van der Waals surface area contributed by atoms with Gasteiger partial charge in [0.05, 0.1) is 42.6 Å². The van der Waals surface area contributed by atoms with Crippen molar-refractivity contribution in [1.82, 2.24) is 83.4 Å². The number of nitrogens with two attached hydrogens (primary N) is 3. The Balaban J connectivity index is 1.26. The van der Waals surface area contributed by atoms with E-state index >= 15 is 4.79 Å². The second-order valence-electron chi connectivity index (χ2n) is 26.6. The number of H-pyrrole nitrogens is 3. The number of imidazole rings is 2. The third kappa shape index (κ3) is 27.2. The maximum absolute atomic E-state index is 15.0. The normalized spacial score (nSPS) is 15.0. The van der Waals surface area contributed by atoms with Crippen molar-refractivity contribution in [2.75, 3.05) is 6.54 Å². The number of primary amides is 1. The van der Waals surface area contributed by atoms with Crippen molar-refractivity contribution in [1.29, 1.82) is 5.41 Å². The Bertz CT molecular complexity index is 4080. The average Bonchev–Trinajstić information content (AvgIpc) is 1.76. The number of fused-ring (bicyclic) bond motifs is 1. The highest BCUT2D eigenvalue weighted by Crippen LogP contribution is 2.21. The van der Waals surface area contributed by atoms with Crippen LogP contribution in [0.1, 0.15) is 108 Å². The second kappa shape index (κ2) is 42.2. The van der Waals surface area contributed by atoms with Gasteiger partial charge in [0.1, 0.15) is 66.2 Å². The zero-order valence-corrected chi connectivity index (χ0v) is 60.9. The van der Waals surface area contributed by atoms with Gasteiger partial charge in [0.15, 0.2) is 5.96 Å². The Morgan fingerprint density at radius 1 is 0.495 bits per heavy atom. The number of aliphatic hydroxyl groups excluding tert-OH is 1. The molecule has 0 spiro atoms. The lowest BCUT2D eigenvalue weighted by molar-refractivity contribution is -0.143. The highest BCUT2D eigenvalue weighted by atomic mass is 16.4. The summed E-state index contributed by atoms with van der Waals surface area (Å²) in [6, 6.07) is 3.03. The molecule has 3 aromatic carbocycles. The van der Waals surface area contributed by atoms with E-state index in [2.05, 4.69) is 83.4 Å². The number of carbonyl (C=O) groups is 13. The molecule has 0 saturated carbocycles. The minimum atomic E-state index is -1.99. The molecule has 588 valence electrons. The highest BCUT2D eigenvalue weighted by Gasteiger charge is 2.39. The fourth-order valence-electron chi connectivity index (χ4n) is 11.5. The Kier molecular flexibility index (Phi) is 33.1. The van der Waals surface area contributed by atoms with E-state index in [0.29, 0.717) is 23.2 Å². The number of aromatic amines is 3. The minimum Gasteiger partial charge on any atom is -0.508 e. The number of hydrogen-bond donors (Lipinski definition) is 22. The van der Waals surface area contributed by atoms with Gasteiger partial charge in [0.25, 0.3) is 0 Å². The van der Waals surface area contributed by atoms with Crippen LogP contribution in [-0.2, 0) is 94.4 Å². The first-order valence-corrected chi connectivity index (χ1v) is 35.4. The lowest BCUT2D eigenvalue weighted by Gasteiger charge is -2.29. The topological polar surface area (TPSA) is 610 Å². The van der Waals surface area contributed by atoms with Crippen molar-refractivity contribution in [3.63, 3.8) is 0 Å². The number of aromatic nitrogens is 5. The number of carboxylic acids is 2. The standard InChI is InChI=1S/C72H98N20O17/c1-6-37(3)58(74)68(105)89-52(28-42-32-80-47-17-12-11-16-46(42)47)64(101)86-53(29-43-33-77-35-81-43)65(102)87-54(30-44-34-78-36-82-44)67(104)92-60(39(5)93)70(107)90-51(26-40-14-9-8-10-15-40)63(100)85-50(27-41-19-21-45(94)22-20-41)62(99)88-55(31-56(73)95)66(103)83-48(23-24-57(96)97)61(98)91-59(38(4)7-2)69(106)84-49(71(108)109)18-13-25-79-72(75)76/h8-12,14-17,19-22,32-39,48-55,58-60,80,93-94H,6-7,13,18,23-31,74H2,1-5H3,(H2,73,95)(H,77,81)(H,78,82)(H,83,103)(H,84,106)(H,85,100)(H,86,101)(H,87,102)(H,88,99)(H,89,105)(H,90,107)(H,91,98)(H,92,104)(H,96,97)(H,108,109)(H4,75,76,79)/t37-,38-,39+,48-,49-,50-,51-,52-,53-,54-,55-,58-,59-,60-/m0/s1. The molecule has 6 aromatic rings. The number of nitrogens with one attached hydrogen (secondary N) is 15. The molecule has 0 radical (unpaired) electrons. The van der Waals surface area contributed by atoms with Gasteiger partial charge in [-0.2, -0.15) is 0 Å². The van der Waals surface area contributed by atoms with Gasteiger partial charge in [-0.25, -0.2) is 14.8 Å². The number of guanidine groups is 1. The fraction of sp³-hybridized carbons (Fsp3) is 0.444. The second-order valence-corrected chi connectivity index (χ2v) is 26.6. The zero-order valence-electron chi connectivity index (χ0n) is 60.9. The number of benzene rings is 3. The molecule has 0 saturated heterocycles. The zero-order chi connectivity index (χ0) is 80.0. The molecule has 6 rings (SSSR count). The molecule has 109 heavy (non-hydrogen) atoms. The summed E-state index contributed by atoms with van der Waals surface area (Å²) in [5.41, 5.74) is 19.9. The van der Waals surface area contributed by atoms with Crippen molar-refractivity contribution in [2.24, 2.45) is 29.0 Å². The van der Waals surface area contributed by atoms with E-state index in [0.717, 1.165) is 17.8 Å². The monoisotopic (exact) mass is 1510 g/mol. The van der Waals surface area contributed by atoms with Gasteiger partial charge in [0.2, 0.25) is 65.0 Å². The van der Waals surface area contributed by atoms with Crippen LogP contribution in [0.15, 0.2) is 110 Å². The summed E-state index contributed by atoms with van der Waals surface area (Å²) in [5, 5.41) is 77.2. The van der Waals surface area contributed by atoms with E-state index in [9.17, 15) is 78.0 Å². The van der Waals surface area contributed by atoms with Gasteiger partial charge < -0.3 is 111 Å². The number of phenolic OH excluding ortho intramolecular Hbond substituents is 1. The van der Waals surface area contributed by atoms with Gasteiger partial charge in [-0.1, -0.05) is 101 Å². The number of carboxylic acid groups (broad SMARTS) is 2. The van der Waals surface area contributed by atoms with Crippen LogP contribution in [-0.4, -0.2) is 207 Å². The van der Waals surface area contributed by atoms with Gasteiger partial charge >= 0.3 is 11.9 Å². The van der Waals surface area contributed by atoms with E-state index < -0.39 is 181 Å². The lowest BCUT2D eigenvalue weighted by Crippen LogP contribution is -2.63. The Morgan fingerprint density at radius 3 is 1.46 bits per heavy atom. The van der Waals surface area contributed by atoms with Crippen molar-refractivity contribution in [3.8, 4) is 5.75 Å². The molecule has 0 aliphatic carbocycles. The predicted octanol–water partition coefficient (Wildman–Crippen LogP) is -2.43. The van der Waals surface area contributed by atoms with Gasteiger partial charge in [-0.15, -0.1) is 0 Å². The summed E-state index contributed by atoms with van der Waals surface area (Å²) in [5.74, 6) is -15.9. The predicted molar refractivity (Wildman–Crippen MR) is 394 cm³/mol. The molecule has 0 aliphatic heterocycles. The number of aromatic hydroxyl groups is 1. The van der Waals surface area contributed by atoms with E-state index in [4.69, 9.17) is 22.6 Å². The number of aliphatic hydroxyl groups is 1. The first-order chi connectivity index (χ1) is 51.8. The molecule has 0 bridgehead atoms. The number of aliphatic carboxylic acids is 2. The molecule has 0 fully saturated rings. The maximum Gasteiger partial charge on any atom is 0.326 e. The van der Waals surface area contributed by atoms with Gasteiger partial charge in [-0.3, -0.25) is 62.9 Å². The Morgan fingerprint density at radius 2 is 0.945 bits per heavy atom. The molecule has 0 unspecified atom stereocenters. The first kappa shape index (κ1) is 85.6.